The van der Waals surface area contributed by atoms with Gasteiger partial charge in [-0.2, -0.15) is 0 Å². The molecular formula is C19H13BrClFO. The molecule has 1 nitrogen and oxygen atoms in total. The van der Waals surface area contributed by atoms with E-state index in [0.29, 0.717) is 26.4 Å². The predicted octanol–water partition coefficient (Wildman–Crippen LogP) is 6.58. The van der Waals surface area contributed by atoms with Crippen LogP contribution in [-0.2, 0) is 0 Å². The smallest absolute Gasteiger partial charge is 0.145 e. The third-order valence-corrected chi connectivity index (χ3v) is 4.49. The summed E-state index contributed by atoms with van der Waals surface area (Å²) in [5.41, 5.74) is 2.98. The van der Waals surface area contributed by atoms with Crippen molar-refractivity contribution in [2.24, 2.45) is 0 Å². The Balaban J connectivity index is 2.27. The van der Waals surface area contributed by atoms with Crippen molar-refractivity contribution >= 4 is 27.5 Å². The van der Waals surface area contributed by atoms with E-state index in [9.17, 15) is 4.39 Å². The minimum Gasteiger partial charge on any atom is -0.495 e. The second kappa shape index (κ2) is 6.73. The van der Waals surface area contributed by atoms with Crippen molar-refractivity contribution in [1.82, 2.24) is 0 Å². The summed E-state index contributed by atoms with van der Waals surface area (Å²) in [6.07, 6.45) is 0. The Bertz CT molecular complexity index is 849. The van der Waals surface area contributed by atoms with E-state index >= 15 is 0 Å². The first-order chi connectivity index (χ1) is 11.1. The summed E-state index contributed by atoms with van der Waals surface area (Å²) in [7, 11) is 1.53. The fourth-order valence-electron chi connectivity index (χ4n) is 2.51. The molecule has 0 radical (unpaired) electrons. The lowest BCUT2D eigenvalue weighted by Crippen LogP contribution is -1.93. The normalized spacial score (nSPS) is 10.6. The zero-order valence-electron chi connectivity index (χ0n) is 12.3. The molecule has 0 aliphatic carbocycles. The summed E-state index contributed by atoms with van der Waals surface area (Å²) < 4.78 is 20.3. The molecule has 0 fully saturated rings. The summed E-state index contributed by atoms with van der Waals surface area (Å²) in [4.78, 5) is 0. The van der Waals surface area contributed by atoms with E-state index in [1.54, 1.807) is 18.2 Å². The highest BCUT2D eigenvalue weighted by atomic mass is 79.9. The van der Waals surface area contributed by atoms with Gasteiger partial charge in [0.25, 0.3) is 0 Å². The summed E-state index contributed by atoms with van der Waals surface area (Å²) in [5.74, 6) is 0.121. The van der Waals surface area contributed by atoms with Gasteiger partial charge in [-0.1, -0.05) is 54.1 Å². The molecule has 3 aromatic rings. The standard InChI is InChI=1S/C19H13BrClFO/c1-23-19-15(14-8-5-9-16(20)18(14)22)10-13(11-17(19)21)12-6-3-2-4-7-12/h2-11H,1H3. The summed E-state index contributed by atoms with van der Waals surface area (Å²) in [6.45, 7) is 0. The van der Waals surface area contributed by atoms with E-state index in [2.05, 4.69) is 15.9 Å². The van der Waals surface area contributed by atoms with Crippen molar-refractivity contribution < 1.29 is 9.13 Å². The second-order valence-electron chi connectivity index (χ2n) is 5.01. The fourth-order valence-corrected chi connectivity index (χ4v) is 3.17. The molecule has 0 spiro atoms. The predicted molar refractivity (Wildman–Crippen MR) is 96.5 cm³/mol. The molecule has 0 saturated heterocycles. The van der Waals surface area contributed by atoms with Crippen LogP contribution in [-0.4, -0.2) is 7.11 Å². The van der Waals surface area contributed by atoms with Crippen molar-refractivity contribution in [1.29, 1.82) is 0 Å². The molecule has 0 atom stereocenters. The van der Waals surface area contributed by atoms with Gasteiger partial charge in [0.05, 0.1) is 16.6 Å². The van der Waals surface area contributed by atoms with Crippen molar-refractivity contribution in [3.05, 3.63) is 76.0 Å². The first-order valence-corrected chi connectivity index (χ1v) is 8.16. The Hall–Kier alpha value is -1.84. The maximum absolute atomic E-state index is 14.5. The largest absolute Gasteiger partial charge is 0.495 e. The van der Waals surface area contributed by atoms with Crippen LogP contribution < -0.4 is 4.74 Å². The van der Waals surface area contributed by atoms with Crippen molar-refractivity contribution in [2.75, 3.05) is 7.11 Å². The highest BCUT2D eigenvalue weighted by Gasteiger charge is 2.17. The van der Waals surface area contributed by atoms with Gasteiger partial charge in [-0.05, 0) is 45.3 Å². The molecular weight excluding hydrogens is 379 g/mol. The van der Waals surface area contributed by atoms with Gasteiger partial charge < -0.3 is 4.74 Å². The molecule has 3 aromatic carbocycles. The van der Waals surface area contributed by atoms with E-state index in [0.717, 1.165) is 11.1 Å². The third-order valence-electron chi connectivity index (χ3n) is 3.60. The molecule has 0 N–H and O–H groups in total. The molecule has 0 aliphatic heterocycles. The molecule has 116 valence electrons. The van der Waals surface area contributed by atoms with Gasteiger partial charge >= 0.3 is 0 Å². The van der Waals surface area contributed by atoms with E-state index < -0.39 is 0 Å². The van der Waals surface area contributed by atoms with Gasteiger partial charge in [0.2, 0.25) is 0 Å². The molecule has 0 heterocycles. The Kier molecular flexibility index (Phi) is 4.69. The number of methoxy groups -OCH3 is 1. The van der Waals surface area contributed by atoms with Crippen LogP contribution in [0.4, 0.5) is 4.39 Å². The van der Waals surface area contributed by atoms with Crippen molar-refractivity contribution in [2.45, 2.75) is 0 Å². The van der Waals surface area contributed by atoms with Crippen LogP contribution in [0.3, 0.4) is 0 Å². The van der Waals surface area contributed by atoms with Gasteiger partial charge in [-0.3, -0.25) is 0 Å². The molecule has 0 amide bonds. The molecule has 0 saturated carbocycles. The van der Waals surface area contributed by atoms with Gasteiger partial charge in [0, 0.05) is 11.1 Å². The van der Waals surface area contributed by atoms with Gasteiger partial charge in [0.1, 0.15) is 11.6 Å². The van der Waals surface area contributed by atoms with Crippen molar-refractivity contribution in [3.63, 3.8) is 0 Å². The molecule has 3 rings (SSSR count). The van der Waals surface area contributed by atoms with Crippen LogP contribution >= 0.6 is 27.5 Å². The first-order valence-electron chi connectivity index (χ1n) is 6.99. The summed E-state index contributed by atoms with van der Waals surface area (Å²) in [5, 5.41) is 0.447. The topological polar surface area (TPSA) is 9.23 Å². The van der Waals surface area contributed by atoms with Crippen LogP contribution in [0.25, 0.3) is 22.3 Å². The Morgan fingerprint density at radius 2 is 1.65 bits per heavy atom. The van der Waals surface area contributed by atoms with Crippen LogP contribution in [0.15, 0.2) is 65.1 Å². The van der Waals surface area contributed by atoms with Crippen LogP contribution in [0.5, 0.6) is 5.75 Å². The van der Waals surface area contributed by atoms with Gasteiger partial charge in [-0.15, -0.1) is 0 Å². The molecule has 4 heteroatoms. The number of rotatable bonds is 3. The quantitative estimate of drug-likeness (QED) is 0.490. The number of hydrogen-bond acceptors (Lipinski definition) is 1. The molecule has 0 aliphatic rings. The van der Waals surface area contributed by atoms with E-state index in [4.69, 9.17) is 16.3 Å². The second-order valence-corrected chi connectivity index (χ2v) is 6.27. The average Bonchev–Trinajstić information content (AvgIpc) is 2.57. The van der Waals surface area contributed by atoms with E-state index in [1.807, 2.05) is 42.5 Å². The van der Waals surface area contributed by atoms with Gasteiger partial charge in [-0.25, -0.2) is 4.39 Å². The van der Waals surface area contributed by atoms with Crippen LogP contribution in [0.1, 0.15) is 0 Å². The highest BCUT2D eigenvalue weighted by molar-refractivity contribution is 9.10. The van der Waals surface area contributed by atoms with E-state index in [-0.39, 0.29) is 5.82 Å². The molecule has 0 aromatic heterocycles. The number of halogens is 3. The van der Waals surface area contributed by atoms with Gasteiger partial charge in [0.15, 0.2) is 0 Å². The Morgan fingerprint density at radius 3 is 2.35 bits per heavy atom. The minimum atomic E-state index is -0.341. The lowest BCUT2D eigenvalue weighted by atomic mass is 9.97. The number of hydrogen-bond donors (Lipinski definition) is 0. The lowest BCUT2D eigenvalue weighted by molar-refractivity contribution is 0.416. The average molecular weight is 392 g/mol. The van der Waals surface area contributed by atoms with E-state index in [1.165, 1.54) is 7.11 Å². The number of ether oxygens (including phenoxy) is 1. The fraction of sp³-hybridized carbons (Fsp3) is 0.0526. The zero-order valence-corrected chi connectivity index (χ0v) is 14.7. The summed E-state index contributed by atoms with van der Waals surface area (Å²) in [6, 6.07) is 18.7. The lowest BCUT2D eigenvalue weighted by Gasteiger charge is -2.14. The summed E-state index contributed by atoms with van der Waals surface area (Å²) >= 11 is 9.59. The third kappa shape index (κ3) is 3.12. The Morgan fingerprint density at radius 1 is 0.913 bits per heavy atom. The zero-order chi connectivity index (χ0) is 16.4. The van der Waals surface area contributed by atoms with Crippen LogP contribution in [0, 0.1) is 5.82 Å². The molecule has 0 bridgehead atoms. The molecule has 0 unspecified atom stereocenters. The maximum atomic E-state index is 14.5. The first kappa shape index (κ1) is 16.0. The monoisotopic (exact) mass is 390 g/mol. The Labute approximate surface area is 147 Å². The number of benzene rings is 3. The highest BCUT2D eigenvalue weighted by Crippen LogP contribution is 2.41. The SMILES string of the molecule is COc1c(Cl)cc(-c2ccccc2)cc1-c1cccc(Br)c1F. The maximum Gasteiger partial charge on any atom is 0.145 e. The molecule has 23 heavy (non-hydrogen) atoms. The van der Waals surface area contributed by atoms with Crippen molar-refractivity contribution in [3.8, 4) is 28.0 Å². The van der Waals surface area contributed by atoms with Crippen LogP contribution in [0.2, 0.25) is 5.02 Å². The minimum absolute atomic E-state index is 0.341.